The Morgan fingerprint density at radius 2 is 1.82 bits per heavy atom. The van der Waals surface area contributed by atoms with E-state index in [0.717, 1.165) is 11.5 Å². The molecule has 1 fully saturated rings. The average molecular weight is 233 g/mol. The maximum absolute atomic E-state index is 10.0. The minimum Gasteiger partial charge on any atom is -0.387 e. The zero-order valence-corrected chi connectivity index (χ0v) is 10.6. The van der Waals surface area contributed by atoms with Crippen LogP contribution >= 0.6 is 0 Å². The SMILES string of the molecule is CC1CCC(NC[C@H](O)c2ccccc2)CC1. The lowest BCUT2D eigenvalue weighted by Gasteiger charge is -2.28. The number of aliphatic hydroxyl groups is 1. The fraction of sp³-hybridized carbons (Fsp3) is 0.600. The fourth-order valence-electron chi connectivity index (χ4n) is 2.54. The molecule has 2 rings (SSSR count). The molecule has 1 saturated carbocycles. The van der Waals surface area contributed by atoms with Gasteiger partial charge in [-0.3, -0.25) is 0 Å². The van der Waals surface area contributed by atoms with Crippen LogP contribution in [0.1, 0.15) is 44.3 Å². The lowest BCUT2D eigenvalue weighted by molar-refractivity contribution is 0.163. The van der Waals surface area contributed by atoms with Gasteiger partial charge in [-0.25, -0.2) is 0 Å². The quantitative estimate of drug-likeness (QED) is 0.838. The van der Waals surface area contributed by atoms with E-state index in [1.807, 2.05) is 30.3 Å². The van der Waals surface area contributed by atoms with Crippen LogP contribution in [0.3, 0.4) is 0 Å². The van der Waals surface area contributed by atoms with E-state index in [0.29, 0.717) is 12.6 Å². The first-order valence-corrected chi connectivity index (χ1v) is 6.72. The van der Waals surface area contributed by atoms with Crippen molar-refractivity contribution in [3.05, 3.63) is 35.9 Å². The summed E-state index contributed by atoms with van der Waals surface area (Å²) >= 11 is 0. The molecule has 0 unspecified atom stereocenters. The van der Waals surface area contributed by atoms with E-state index in [-0.39, 0.29) is 6.10 Å². The van der Waals surface area contributed by atoms with Crippen molar-refractivity contribution < 1.29 is 5.11 Å². The van der Waals surface area contributed by atoms with Gasteiger partial charge in [0, 0.05) is 12.6 Å². The summed E-state index contributed by atoms with van der Waals surface area (Å²) in [6, 6.07) is 10.5. The van der Waals surface area contributed by atoms with E-state index < -0.39 is 0 Å². The normalized spacial score (nSPS) is 26.7. The van der Waals surface area contributed by atoms with Crippen LogP contribution in [-0.2, 0) is 0 Å². The second-order valence-corrected chi connectivity index (χ2v) is 5.29. The number of rotatable bonds is 4. The van der Waals surface area contributed by atoms with Gasteiger partial charge < -0.3 is 10.4 Å². The summed E-state index contributed by atoms with van der Waals surface area (Å²) in [5.41, 5.74) is 1.00. The topological polar surface area (TPSA) is 32.3 Å². The Morgan fingerprint density at radius 3 is 2.47 bits per heavy atom. The van der Waals surface area contributed by atoms with Crippen molar-refractivity contribution in [3.63, 3.8) is 0 Å². The van der Waals surface area contributed by atoms with Gasteiger partial charge in [-0.2, -0.15) is 0 Å². The molecule has 1 aliphatic rings. The van der Waals surface area contributed by atoms with Gasteiger partial charge in [-0.15, -0.1) is 0 Å². The van der Waals surface area contributed by atoms with E-state index in [2.05, 4.69) is 12.2 Å². The highest BCUT2D eigenvalue weighted by atomic mass is 16.3. The second-order valence-electron chi connectivity index (χ2n) is 5.29. The van der Waals surface area contributed by atoms with Gasteiger partial charge in [0.05, 0.1) is 6.10 Å². The van der Waals surface area contributed by atoms with Gasteiger partial charge in [-0.1, -0.05) is 37.3 Å². The van der Waals surface area contributed by atoms with E-state index in [9.17, 15) is 5.11 Å². The van der Waals surface area contributed by atoms with Crippen molar-refractivity contribution in [1.82, 2.24) is 5.32 Å². The van der Waals surface area contributed by atoms with Gasteiger partial charge in [0.25, 0.3) is 0 Å². The lowest BCUT2D eigenvalue weighted by Crippen LogP contribution is -2.35. The van der Waals surface area contributed by atoms with Crippen LogP contribution in [0, 0.1) is 5.92 Å². The van der Waals surface area contributed by atoms with Crippen molar-refractivity contribution in [3.8, 4) is 0 Å². The van der Waals surface area contributed by atoms with Crippen molar-refractivity contribution in [2.75, 3.05) is 6.54 Å². The van der Waals surface area contributed by atoms with E-state index in [1.54, 1.807) is 0 Å². The molecule has 0 radical (unpaired) electrons. The standard InChI is InChI=1S/C15H23NO/c1-12-7-9-14(10-8-12)16-11-15(17)13-5-3-2-4-6-13/h2-6,12,14-17H,7-11H2,1H3/t12?,14?,15-/m0/s1. The summed E-state index contributed by atoms with van der Waals surface area (Å²) in [7, 11) is 0. The molecule has 0 aromatic heterocycles. The summed E-state index contributed by atoms with van der Waals surface area (Å²) in [5, 5.41) is 13.5. The third-order valence-electron chi connectivity index (χ3n) is 3.80. The summed E-state index contributed by atoms with van der Waals surface area (Å²) in [6.07, 6.45) is 4.76. The van der Waals surface area contributed by atoms with Crippen LogP contribution in [-0.4, -0.2) is 17.7 Å². The number of hydrogen-bond donors (Lipinski definition) is 2. The third kappa shape index (κ3) is 3.83. The molecular weight excluding hydrogens is 210 g/mol. The predicted molar refractivity (Wildman–Crippen MR) is 70.8 cm³/mol. The Labute approximate surface area is 104 Å². The summed E-state index contributed by atoms with van der Waals surface area (Å²) in [4.78, 5) is 0. The molecule has 1 aromatic carbocycles. The lowest BCUT2D eigenvalue weighted by atomic mass is 9.87. The Morgan fingerprint density at radius 1 is 1.18 bits per heavy atom. The predicted octanol–water partition coefficient (Wildman–Crippen LogP) is 2.89. The van der Waals surface area contributed by atoms with Crippen LogP contribution < -0.4 is 5.32 Å². The molecule has 2 N–H and O–H groups in total. The molecule has 0 heterocycles. The van der Waals surface area contributed by atoms with Crippen LogP contribution in [0.4, 0.5) is 0 Å². The smallest absolute Gasteiger partial charge is 0.0914 e. The number of aliphatic hydroxyl groups excluding tert-OH is 1. The average Bonchev–Trinajstić information content (AvgIpc) is 2.39. The Kier molecular flexibility index (Phi) is 4.57. The number of hydrogen-bond acceptors (Lipinski definition) is 2. The largest absolute Gasteiger partial charge is 0.387 e. The molecule has 0 bridgehead atoms. The van der Waals surface area contributed by atoms with Crippen molar-refractivity contribution >= 4 is 0 Å². The van der Waals surface area contributed by atoms with E-state index in [4.69, 9.17) is 0 Å². The molecule has 0 amide bonds. The molecular formula is C15H23NO. The van der Waals surface area contributed by atoms with E-state index >= 15 is 0 Å². The first-order valence-electron chi connectivity index (χ1n) is 6.72. The van der Waals surface area contributed by atoms with Gasteiger partial charge >= 0.3 is 0 Å². The number of benzene rings is 1. The minimum atomic E-state index is -0.379. The van der Waals surface area contributed by atoms with Crippen LogP contribution in [0.15, 0.2) is 30.3 Å². The molecule has 17 heavy (non-hydrogen) atoms. The van der Waals surface area contributed by atoms with Crippen molar-refractivity contribution in [2.45, 2.75) is 44.8 Å². The maximum atomic E-state index is 10.0. The van der Waals surface area contributed by atoms with Gasteiger partial charge in [0.15, 0.2) is 0 Å². The molecule has 0 spiro atoms. The Balaban J connectivity index is 1.75. The van der Waals surface area contributed by atoms with Gasteiger partial charge in [0.1, 0.15) is 0 Å². The maximum Gasteiger partial charge on any atom is 0.0914 e. The van der Waals surface area contributed by atoms with Crippen LogP contribution in [0.2, 0.25) is 0 Å². The van der Waals surface area contributed by atoms with Crippen molar-refractivity contribution in [1.29, 1.82) is 0 Å². The molecule has 94 valence electrons. The van der Waals surface area contributed by atoms with Crippen molar-refractivity contribution in [2.24, 2.45) is 5.92 Å². The number of nitrogens with one attached hydrogen (secondary N) is 1. The molecule has 0 aliphatic heterocycles. The zero-order chi connectivity index (χ0) is 12.1. The van der Waals surface area contributed by atoms with Gasteiger partial charge in [0.2, 0.25) is 0 Å². The third-order valence-corrected chi connectivity index (χ3v) is 3.80. The summed E-state index contributed by atoms with van der Waals surface area (Å²) in [5.74, 6) is 0.882. The summed E-state index contributed by atoms with van der Waals surface area (Å²) in [6.45, 7) is 3.00. The molecule has 2 nitrogen and oxygen atoms in total. The highest BCUT2D eigenvalue weighted by molar-refractivity contribution is 5.17. The monoisotopic (exact) mass is 233 g/mol. The first kappa shape index (κ1) is 12.6. The second kappa shape index (κ2) is 6.18. The van der Waals surface area contributed by atoms with Gasteiger partial charge in [-0.05, 0) is 37.2 Å². The molecule has 1 aliphatic carbocycles. The Bertz CT molecular complexity index is 317. The van der Waals surface area contributed by atoms with Crippen LogP contribution in [0.5, 0.6) is 0 Å². The summed E-state index contributed by atoms with van der Waals surface area (Å²) < 4.78 is 0. The fourth-order valence-corrected chi connectivity index (χ4v) is 2.54. The highest BCUT2D eigenvalue weighted by Crippen LogP contribution is 2.23. The first-order chi connectivity index (χ1) is 8.25. The Hall–Kier alpha value is -0.860. The molecule has 1 aromatic rings. The van der Waals surface area contributed by atoms with E-state index in [1.165, 1.54) is 25.7 Å². The van der Waals surface area contributed by atoms with Crippen LogP contribution in [0.25, 0.3) is 0 Å². The molecule has 2 heteroatoms. The highest BCUT2D eigenvalue weighted by Gasteiger charge is 2.18. The minimum absolute atomic E-state index is 0.379. The molecule has 1 atom stereocenters. The zero-order valence-electron chi connectivity index (χ0n) is 10.6. The molecule has 0 saturated heterocycles.